The maximum absolute atomic E-state index is 12.6. The van der Waals surface area contributed by atoms with Crippen LogP contribution in [-0.2, 0) is 4.79 Å². The van der Waals surface area contributed by atoms with Crippen LogP contribution in [0, 0.1) is 0 Å². The molecule has 28 heavy (non-hydrogen) atoms. The maximum Gasteiger partial charge on any atom is 0.251 e. The van der Waals surface area contributed by atoms with Gasteiger partial charge in [-0.3, -0.25) is 9.59 Å². The van der Waals surface area contributed by atoms with Gasteiger partial charge in [0, 0.05) is 29.3 Å². The Morgan fingerprint density at radius 1 is 1.21 bits per heavy atom. The van der Waals surface area contributed by atoms with E-state index in [0.717, 1.165) is 41.7 Å². The van der Waals surface area contributed by atoms with Crippen molar-refractivity contribution in [3.63, 3.8) is 0 Å². The number of amides is 1. The molecule has 0 unspecified atom stereocenters. The zero-order chi connectivity index (χ0) is 19.7. The molecule has 6 heteroatoms. The van der Waals surface area contributed by atoms with Crippen molar-refractivity contribution >= 4 is 23.1 Å². The van der Waals surface area contributed by atoms with E-state index in [2.05, 4.69) is 10.3 Å². The summed E-state index contributed by atoms with van der Waals surface area (Å²) in [5.74, 6) is 1.06. The number of carbonyl (C=O) groups is 1. The maximum atomic E-state index is 12.6. The van der Waals surface area contributed by atoms with Gasteiger partial charge in [0.05, 0.1) is 11.6 Å². The Hall–Kier alpha value is -2.53. The number of H-pyrrole nitrogens is 1. The van der Waals surface area contributed by atoms with Gasteiger partial charge in [-0.05, 0) is 55.9 Å². The van der Waals surface area contributed by atoms with E-state index in [9.17, 15) is 9.59 Å². The zero-order valence-electron chi connectivity index (χ0n) is 15.8. The third-order valence-electron chi connectivity index (χ3n) is 5.19. The summed E-state index contributed by atoms with van der Waals surface area (Å²) in [4.78, 5) is 27.2. The van der Waals surface area contributed by atoms with Gasteiger partial charge in [0.1, 0.15) is 5.75 Å². The van der Waals surface area contributed by atoms with Crippen molar-refractivity contribution in [3.8, 4) is 5.75 Å². The summed E-state index contributed by atoms with van der Waals surface area (Å²) in [7, 11) is 0. The summed E-state index contributed by atoms with van der Waals surface area (Å²) >= 11 is 6.39. The molecule has 1 saturated heterocycles. The second-order valence-corrected chi connectivity index (χ2v) is 7.71. The molecule has 2 N–H and O–H groups in total. The van der Waals surface area contributed by atoms with Crippen LogP contribution >= 0.6 is 11.6 Å². The molecule has 1 amide bonds. The first-order valence-electron chi connectivity index (χ1n) is 9.72. The van der Waals surface area contributed by atoms with Crippen LogP contribution in [0.1, 0.15) is 55.3 Å². The summed E-state index contributed by atoms with van der Waals surface area (Å²) in [5, 5.41) is 3.47. The first-order chi connectivity index (χ1) is 13.5. The van der Waals surface area contributed by atoms with Crippen LogP contribution in [0.5, 0.6) is 5.75 Å². The number of carbonyl (C=O) groups excluding carboxylic acids is 1. The largest absolute Gasteiger partial charge is 0.492 e. The van der Waals surface area contributed by atoms with E-state index >= 15 is 0 Å². The monoisotopic (exact) mass is 398 g/mol. The quantitative estimate of drug-likeness (QED) is 0.772. The minimum Gasteiger partial charge on any atom is -0.492 e. The molecule has 0 radical (unpaired) electrons. The van der Waals surface area contributed by atoms with Gasteiger partial charge in [0.15, 0.2) is 0 Å². The minimum absolute atomic E-state index is 0.0432. The lowest BCUT2D eigenvalue weighted by atomic mass is 9.98. The van der Waals surface area contributed by atoms with Crippen molar-refractivity contribution in [1.82, 2.24) is 10.3 Å². The van der Waals surface area contributed by atoms with Gasteiger partial charge in [-0.2, -0.15) is 0 Å². The average Bonchev–Trinajstić information content (AvgIpc) is 3.43. The summed E-state index contributed by atoms with van der Waals surface area (Å²) < 4.78 is 5.53. The normalized spacial score (nSPS) is 19.6. The second-order valence-electron chi connectivity index (χ2n) is 7.30. The van der Waals surface area contributed by atoms with Crippen LogP contribution in [0.15, 0.2) is 41.2 Å². The Balaban J connectivity index is 1.75. The van der Waals surface area contributed by atoms with Crippen molar-refractivity contribution in [2.45, 2.75) is 44.6 Å². The van der Waals surface area contributed by atoms with Crippen LogP contribution in [-0.4, -0.2) is 23.5 Å². The van der Waals surface area contributed by atoms with Gasteiger partial charge in [-0.1, -0.05) is 29.8 Å². The zero-order valence-corrected chi connectivity index (χ0v) is 16.5. The Labute approximate surface area is 168 Å². The third-order valence-corrected chi connectivity index (χ3v) is 5.48. The topological polar surface area (TPSA) is 71.2 Å². The standard InChI is InChI=1S/C22H23ClN2O3/c1-2-28-20-9-5-14(11-18(20)23)17(12-15-6-10-21(26)24-15)19-8-7-16(13-3-4-13)22(27)25-19/h5,7-9,11-13,15H,2-4,6,10H2,1H3,(H,24,26)(H,25,27)/b17-12+/t15-/m1/s1. The summed E-state index contributed by atoms with van der Waals surface area (Å²) in [5.41, 5.74) is 3.23. The number of ether oxygens (including phenoxy) is 1. The highest BCUT2D eigenvalue weighted by Crippen LogP contribution is 2.38. The number of benzene rings is 1. The van der Waals surface area contributed by atoms with Crippen molar-refractivity contribution in [2.24, 2.45) is 0 Å². The fourth-order valence-corrected chi connectivity index (χ4v) is 3.84. The molecule has 2 aliphatic rings. The molecule has 1 atom stereocenters. The molecule has 2 heterocycles. The van der Waals surface area contributed by atoms with Crippen LogP contribution < -0.4 is 15.6 Å². The Kier molecular flexibility index (Phi) is 5.27. The number of hydrogen-bond acceptors (Lipinski definition) is 3. The first-order valence-corrected chi connectivity index (χ1v) is 10.1. The van der Waals surface area contributed by atoms with Gasteiger partial charge in [0.2, 0.25) is 5.91 Å². The van der Waals surface area contributed by atoms with Crippen molar-refractivity contribution in [1.29, 1.82) is 0 Å². The van der Waals surface area contributed by atoms with E-state index in [-0.39, 0.29) is 17.5 Å². The molecule has 1 aromatic heterocycles. The highest BCUT2D eigenvalue weighted by Gasteiger charge is 2.26. The summed E-state index contributed by atoms with van der Waals surface area (Å²) in [6.45, 7) is 2.44. The van der Waals surface area contributed by atoms with E-state index in [1.54, 1.807) is 0 Å². The molecule has 1 aliphatic carbocycles. The molecule has 1 aromatic carbocycles. The predicted molar refractivity (Wildman–Crippen MR) is 110 cm³/mol. The molecule has 146 valence electrons. The molecule has 1 saturated carbocycles. The van der Waals surface area contributed by atoms with Crippen molar-refractivity contribution in [3.05, 3.63) is 68.6 Å². The fraction of sp³-hybridized carbons (Fsp3) is 0.364. The van der Waals surface area contributed by atoms with E-state index in [4.69, 9.17) is 16.3 Å². The number of pyridine rings is 1. The van der Waals surface area contributed by atoms with E-state index in [0.29, 0.717) is 29.7 Å². The molecular formula is C22H23ClN2O3. The van der Waals surface area contributed by atoms with Gasteiger partial charge in [0.25, 0.3) is 5.56 Å². The first kappa shape index (κ1) is 18.8. The fourth-order valence-electron chi connectivity index (χ4n) is 3.60. The molecular weight excluding hydrogens is 376 g/mol. The SMILES string of the molecule is CCOc1ccc(/C(=C\[C@H]2CCC(=O)N2)c2ccc(C3CC3)c(=O)[nH]2)cc1Cl. The van der Waals surface area contributed by atoms with Gasteiger partial charge >= 0.3 is 0 Å². The minimum atomic E-state index is -0.0699. The van der Waals surface area contributed by atoms with Crippen LogP contribution in [0.2, 0.25) is 5.02 Å². The number of nitrogens with one attached hydrogen (secondary N) is 2. The highest BCUT2D eigenvalue weighted by atomic mass is 35.5. The average molecular weight is 399 g/mol. The Morgan fingerprint density at radius 3 is 2.64 bits per heavy atom. The smallest absolute Gasteiger partial charge is 0.251 e. The van der Waals surface area contributed by atoms with Gasteiger partial charge in [-0.15, -0.1) is 0 Å². The van der Waals surface area contributed by atoms with E-state index in [1.165, 1.54) is 0 Å². The van der Waals surface area contributed by atoms with Gasteiger partial charge in [-0.25, -0.2) is 0 Å². The lowest BCUT2D eigenvalue weighted by molar-refractivity contribution is -0.119. The lowest BCUT2D eigenvalue weighted by Gasteiger charge is -2.14. The molecule has 5 nitrogen and oxygen atoms in total. The summed E-state index contributed by atoms with van der Waals surface area (Å²) in [6, 6.07) is 9.39. The molecule has 4 rings (SSSR count). The second kappa shape index (κ2) is 7.84. The Bertz CT molecular complexity index is 992. The molecule has 1 aliphatic heterocycles. The Morgan fingerprint density at radius 2 is 2.04 bits per heavy atom. The van der Waals surface area contributed by atoms with Crippen LogP contribution in [0.3, 0.4) is 0 Å². The predicted octanol–water partition coefficient (Wildman–Crippen LogP) is 4.01. The van der Waals surface area contributed by atoms with E-state index in [1.807, 2.05) is 43.3 Å². The number of halogens is 1. The van der Waals surface area contributed by atoms with Gasteiger partial charge < -0.3 is 15.0 Å². The van der Waals surface area contributed by atoms with Crippen LogP contribution in [0.25, 0.3) is 5.57 Å². The molecule has 0 spiro atoms. The number of rotatable bonds is 6. The number of hydrogen-bond donors (Lipinski definition) is 2. The third kappa shape index (κ3) is 3.99. The number of aromatic nitrogens is 1. The van der Waals surface area contributed by atoms with Crippen molar-refractivity contribution < 1.29 is 9.53 Å². The van der Waals surface area contributed by atoms with Crippen LogP contribution in [0.4, 0.5) is 0 Å². The highest BCUT2D eigenvalue weighted by molar-refractivity contribution is 6.32. The van der Waals surface area contributed by atoms with Crippen molar-refractivity contribution in [2.75, 3.05) is 6.61 Å². The number of aromatic amines is 1. The van der Waals surface area contributed by atoms with E-state index < -0.39 is 0 Å². The molecule has 2 fully saturated rings. The molecule has 2 aromatic rings. The molecule has 0 bridgehead atoms. The summed E-state index contributed by atoms with van der Waals surface area (Å²) in [6.07, 6.45) is 5.40. The lowest BCUT2D eigenvalue weighted by Crippen LogP contribution is -2.23.